The Morgan fingerprint density at radius 3 is 2.62 bits per heavy atom. The first-order valence-electron chi connectivity index (χ1n) is 12.6. The van der Waals surface area contributed by atoms with Crippen LogP contribution in [-0.2, 0) is 16.6 Å². The molecule has 0 aromatic carbocycles. The summed E-state index contributed by atoms with van der Waals surface area (Å²) < 4.78 is 2.14. The average Bonchev–Trinajstić information content (AvgIpc) is 3.13. The second kappa shape index (κ2) is 9.54. The zero-order chi connectivity index (χ0) is 22.9. The van der Waals surface area contributed by atoms with Gasteiger partial charge in [-0.05, 0) is 36.7 Å². The molecule has 3 aliphatic heterocycles. The molecule has 7 nitrogen and oxygen atoms in total. The monoisotopic (exact) mass is 444 g/mol. The molecule has 1 aromatic rings. The first kappa shape index (κ1) is 23.3. The number of carbonyl (C=O) groups excluding carboxylic acids is 2. The number of carboxylic acid groups (broad SMARTS) is 1. The zero-order valence-corrected chi connectivity index (χ0v) is 20.0. The summed E-state index contributed by atoms with van der Waals surface area (Å²) in [6.45, 7) is 6.58. The number of carbonyl (C=O) groups is 2. The minimum absolute atomic E-state index is 0.0568. The van der Waals surface area contributed by atoms with E-state index in [1.165, 1.54) is 56.5 Å². The number of nitrogens with one attached hydrogen (secondary N) is 2. The van der Waals surface area contributed by atoms with Crippen molar-refractivity contribution in [2.24, 2.45) is 18.4 Å². The normalized spacial score (nSPS) is 28.6. The highest BCUT2D eigenvalue weighted by Gasteiger charge is 2.45. The lowest BCUT2D eigenvalue weighted by Crippen LogP contribution is -3.20. The SMILES string of the molecule is Cn1nc(C2CCCCC2)cc1[C@H]1C[NH+]2CC[C@H]1C[C@@H]2CNC(=O)CC(C)(C)CC(=O)[O-]. The van der Waals surface area contributed by atoms with E-state index in [4.69, 9.17) is 5.10 Å². The number of amides is 1. The van der Waals surface area contributed by atoms with Crippen LogP contribution in [-0.4, -0.2) is 47.3 Å². The Bertz CT molecular complexity index is 827. The fraction of sp³-hybridized carbons (Fsp3) is 0.800. The Balaban J connectivity index is 1.33. The second-order valence-corrected chi connectivity index (χ2v) is 11.3. The molecule has 4 atom stereocenters. The maximum atomic E-state index is 12.4. The number of fused-ring (bicyclic) bond motifs is 3. The van der Waals surface area contributed by atoms with Crippen LogP contribution in [0.15, 0.2) is 6.07 Å². The number of hydrogen-bond donors (Lipinski definition) is 2. The molecular weight excluding hydrogens is 404 g/mol. The topological polar surface area (TPSA) is 91.5 Å². The van der Waals surface area contributed by atoms with Gasteiger partial charge in [-0.25, -0.2) is 0 Å². The summed E-state index contributed by atoms with van der Waals surface area (Å²) in [5.74, 6) is 0.691. The van der Waals surface area contributed by atoms with Gasteiger partial charge in [-0.15, -0.1) is 0 Å². The summed E-state index contributed by atoms with van der Waals surface area (Å²) in [7, 11) is 2.11. The van der Waals surface area contributed by atoms with Crippen LogP contribution >= 0.6 is 0 Å². The minimum atomic E-state index is -1.10. The molecule has 5 rings (SSSR count). The smallest absolute Gasteiger partial charge is 0.220 e. The Morgan fingerprint density at radius 1 is 1.22 bits per heavy atom. The largest absolute Gasteiger partial charge is 0.550 e. The van der Waals surface area contributed by atoms with Gasteiger partial charge >= 0.3 is 0 Å². The van der Waals surface area contributed by atoms with E-state index < -0.39 is 11.4 Å². The molecule has 1 aliphatic carbocycles. The summed E-state index contributed by atoms with van der Waals surface area (Å²) >= 11 is 0. The Hall–Kier alpha value is -1.89. The van der Waals surface area contributed by atoms with Crippen LogP contribution in [0.2, 0.25) is 0 Å². The molecule has 1 amide bonds. The highest BCUT2D eigenvalue weighted by Crippen LogP contribution is 2.37. The van der Waals surface area contributed by atoms with Gasteiger partial charge in [0, 0.05) is 43.9 Å². The average molecular weight is 445 g/mol. The summed E-state index contributed by atoms with van der Waals surface area (Å²) in [5.41, 5.74) is 2.12. The van der Waals surface area contributed by atoms with Crippen LogP contribution in [0.1, 0.15) is 94.9 Å². The third-order valence-electron chi connectivity index (χ3n) is 8.20. The Kier molecular flexibility index (Phi) is 6.94. The number of hydrogen-bond acceptors (Lipinski definition) is 4. The Labute approximate surface area is 191 Å². The van der Waals surface area contributed by atoms with Crippen LogP contribution in [0, 0.1) is 11.3 Å². The number of aryl methyl sites for hydroxylation is 1. The van der Waals surface area contributed by atoms with E-state index in [1.807, 2.05) is 0 Å². The molecule has 4 aliphatic rings. The van der Waals surface area contributed by atoms with Gasteiger partial charge in [0.15, 0.2) is 0 Å². The lowest BCUT2D eigenvalue weighted by atomic mass is 9.74. The van der Waals surface area contributed by atoms with Gasteiger partial charge in [0.25, 0.3) is 0 Å². The zero-order valence-electron chi connectivity index (χ0n) is 20.0. The van der Waals surface area contributed by atoms with Crippen molar-refractivity contribution in [3.63, 3.8) is 0 Å². The highest BCUT2D eigenvalue weighted by atomic mass is 16.4. The highest BCUT2D eigenvalue weighted by molar-refractivity contribution is 5.77. The van der Waals surface area contributed by atoms with Crippen molar-refractivity contribution in [2.75, 3.05) is 19.6 Å². The van der Waals surface area contributed by atoms with Gasteiger partial charge < -0.3 is 20.1 Å². The number of quaternary nitrogens is 1. The van der Waals surface area contributed by atoms with Gasteiger partial charge in [-0.3, -0.25) is 9.48 Å². The molecule has 1 saturated carbocycles. The van der Waals surface area contributed by atoms with E-state index >= 15 is 0 Å². The number of piperidine rings is 3. The minimum Gasteiger partial charge on any atom is -0.550 e. The predicted octanol–water partition coefficient (Wildman–Crippen LogP) is 0.901. The maximum Gasteiger partial charge on any atom is 0.220 e. The molecule has 32 heavy (non-hydrogen) atoms. The van der Waals surface area contributed by atoms with E-state index in [9.17, 15) is 14.7 Å². The van der Waals surface area contributed by atoms with Gasteiger partial charge in [0.05, 0.1) is 31.2 Å². The lowest BCUT2D eigenvalue weighted by Gasteiger charge is -2.47. The first-order valence-corrected chi connectivity index (χ1v) is 12.6. The van der Waals surface area contributed by atoms with E-state index in [1.54, 1.807) is 18.7 Å². The van der Waals surface area contributed by atoms with E-state index in [0.717, 1.165) is 13.0 Å². The summed E-state index contributed by atoms with van der Waals surface area (Å²) in [6.07, 6.45) is 9.08. The van der Waals surface area contributed by atoms with E-state index in [2.05, 4.69) is 23.1 Å². The molecule has 1 unspecified atom stereocenters. The van der Waals surface area contributed by atoms with Crippen molar-refractivity contribution >= 4 is 11.9 Å². The van der Waals surface area contributed by atoms with Crippen LogP contribution in [0.4, 0.5) is 0 Å². The second-order valence-electron chi connectivity index (χ2n) is 11.3. The molecule has 7 heteroatoms. The van der Waals surface area contributed by atoms with Crippen molar-refractivity contribution in [1.82, 2.24) is 15.1 Å². The molecule has 4 heterocycles. The maximum absolute atomic E-state index is 12.4. The summed E-state index contributed by atoms with van der Waals surface area (Å²) in [5, 5.41) is 18.9. The molecule has 0 radical (unpaired) electrons. The predicted molar refractivity (Wildman–Crippen MR) is 120 cm³/mol. The third kappa shape index (κ3) is 5.36. The Morgan fingerprint density at radius 2 is 1.97 bits per heavy atom. The molecule has 1 aromatic heterocycles. The molecular formula is C25H40N4O3. The van der Waals surface area contributed by atoms with Crippen molar-refractivity contribution in [3.8, 4) is 0 Å². The van der Waals surface area contributed by atoms with Crippen LogP contribution in [0.5, 0.6) is 0 Å². The van der Waals surface area contributed by atoms with Crippen molar-refractivity contribution in [1.29, 1.82) is 0 Å². The molecule has 2 N–H and O–H groups in total. The lowest BCUT2D eigenvalue weighted by molar-refractivity contribution is -0.942. The van der Waals surface area contributed by atoms with Gasteiger partial charge in [0.1, 0.15) is 6.04 Å². The van der Waals surface area contributed by atoms with Gasteiger partial charge in [-0.2, -0.15) is 5.10 Å². The van der Waals surface area contributed by atoms with Crippen molar-refractivity contribution in [2.45, 2.75) is 89.5 Å². The number of rotatable bonds is 8. The molecule has 3 saturated heterocycles. The van der Waals surface area contributed by atoms with Crippen LogP contribution < -0.4 is 15.3 Å². The molecule has 0 spiro atoms. The van der Waals surface area contributed by atoms with Gasteiger partial charge in [-0.1, -0.05) is 33.1 Å². The fourth-order valence-corrected chi connectivity index (χ4v) is 6.52. The van der Waals surface area contributed by atoms with Crippen LogP contribution in [0.25, 0.3) is 0 Å². The van der Waals surface area contributed by atoms with Crippen molar-refractivity contribution in [3.05, 3.63) is 17.5 Å². The standard InChI is InChI=1S/C25H40N4O3/c1-25(2,14-24(31)32)13-23(30)26-15-19-11-18-9-10-29(19)16-20(18)22-12-21(27-28(22)3)17-7-5-4-6-8-17/h12,17-20H,4-11,13-16H2,1-3H3,(H,26,30)(H,31,32)/t18-,19+,20-/m0/s1. The fourth-order valence-electron chi connectivity index (χ4n) is 6.52. The number of aromatic nitrogens is 2. The van der Waals surface area contributed by atoms with E-state index in [0.29, 0.717) is 30.3 Å². The summed E-state index contributed by atoms with van der Waals surface area (Å²) in [4.78, 5) is 24.9. The quantitative estimate of drug-likeness (QED) is 0.623. The van der Waals surface area contributed by atoms with Crippen molar-refractivity contribution < 1.29 is 19.6 Å². The number of carboxylic acids is 1. The first-order chi connectivity index (χ1) is 15.2. The molecule has 2 bridgehead atoms. The number of aliphatic carboxylic acids is 1. The third-order valence-corrected chi connectivity index (χ3v) is 8.20. The number of nitrogens with zero attached hydrogens (tertiary/aromatic N) is 2. The van der Waals surface area contributed by atoms with Gasteiger partial charge in [0.2, 0.25) is 5.91 Å². The van der Waals surface area contributed by atoms with E-state index in [-0.39, 0.29) is 18.7 Å². The summed E-state index contributed by atoms with van der Waals surface area (Å²) in [6, 6.07) is 2.85. The molecule has 178 valence electrons. The van der Waals surface area contributed by atoms with Crippen LogP contribution in [0.3, 0.4) is 0 Å². The molecule has 4 fully saturated rings.